The van der Waals surface area contributed by atoms with Crippen LogP contribution in [0.25, 0.3) is 0 Å². The Balaban J connectivity index is 1.72. The quantitative estimate of drug-likeness (QED) is 0.419. The maximum atomic E-state index is 12.0. The van der Waals surface area contributed by atoms with Crippen LogP contribution in [-0.4, -0.2) is 11.0 Å². The number of nitro groups is 1. The van der Waals surface area contributed by atoms with Crippen LogP contribution in [0.2, 0.25) is 5.02 Å². The molecular weight excluding hydrogens is 384 g/mol. The van der Waals surface area contributed by atoms with Crippen LogP contribution in [0, 0.1) is 10.1 Å². The predicted octanol–water partition coefficient (Wildman–Crippen LogP) is 5.79. The molecule has 142 valence electrons. The van der Waals surface area contributed by atoms with E-state index in [-0.39, 0.29) is 23.7 Å². The van der Waals surface area contributed by atoms with Crippen molar-refractivity contribution in [1.82, 2.24) is 0 Å². The van der Waals surface area contributed by atoms with Gasteiger partial charge in [0.2, 0.25) is 0 Å². The van der Waals surface area contributed by atoms with Crippen molar-refractivity contribution in [2.45, 2.75) is 6.61 Å². The minimum Gasteiger partial charge on any atom is -0.457 e. The molecule has 7 nitrogen and oxygen atoms in total. The normalized spacial score (nSPS) is 10.2. The smallest absolute Gasteiger partial charge is 0.411 e. The summed E-state index contributed by atoms with van der Waals surface area (Å²) in [5.74, 6) is 0.636. The number of amides is 1. The van der Waals surface area contributed by atoms with Gasteiger partial charge in [-0.05, 0) is 29.8 Å². The fraction of sp³-hybridized carbons (Fsp3) is 0.0500. The van der Waals surface area contributed by atoms with Gasteiger partial charge in [0.15, 0.2) is 0 Å². The molecule has 0 aliphatic heterocycles. The van der Waals surface area contributed by atoms with Crippen LogP contribution >= 0.6 is 11.6 Å². The van der Waals surface area contributed by atoms with Crippen LogP contribution in [0.15, 0.2) is 72.8 Å². The number of carbonyl (C=O) groups is 1. The molecule has 3 aromatic rings. The first-order valence-electron chi connectivity index (χ1n) is 8.20. The van der Waals surface area contributed by atoms with Crippen molar-refractivity contribution in [1.29, 1.82) is 0 Å². The first-order valence-corrected chi connectivity index (χ1v) is 8.58. The molecule has 0 aromatic heterocycles. The lowest BCUT2D eigenvalue weighted by Gasteiger charge is -2.10. The zero-order chi connectivity index (χ0) is 19.9. The van der Waals surface area contributed by atoms with Crippen LogP contribution < -0.4 is 10.1 Å². The number of benzene rings is 3. The second-order valence-electron chi connectivity index (χ2n) is 5.72. The van der Waals surface area contributed by atoms with Gasteiger partial charge >= 0.3 is 6.09 Å². The van der Waals surface area contributed by atoms with E-state index in [1.54, 1.807) is 24.3 Å². The zero-order valence-corrected chi connectivity index (χ0v) is 15.3. The lowest BCUT2D eigenvalue weighted by atomic mass is 10.2. The van der Waals surface area contributed by atoms with Crippen molar-refractivity contribution in [2.24, 2.45) is 0 Å². The Morgan fingerprint density at radius 3 is 2.39 bits per heavy atom. The van der Waals surface area contributed by atoms with Gasteiger partial charge in [0.05, 0.1) is 16.7 Å². The maximum absolute atomic E-state index is 12.0. The SMILES string of the molecule is O=C(Nc1cc(Oc2ccc(Cl)cc2)cc([N+](=O)[O-])c1)OCc1ccccc1. The highest BCUT2D eigenvalue weighted by Crippen LogP contribution is 2.30. The van der Waals surface area contributed by atoms with Crippen LogP contribution in [0.4, 0.5) is 16.2 Å². The van der Waals surface area contributed by atoms with Crippen molar-refractivity contribution in [3.8, 4) is 11.5 Å². The largest absolute Gasteiger partial charge is 0.457 e. The van der Waals surface area contributed by atoms with Crippen molar-refractivity contribution >= 4 is 29.1 Å². The Labute approximate surface area is 165 Å². The molecule has 0 bridgehead atoms. The van der Waals surface area contributed by atoms with Gasteiger partial charge in [-0.1, -0.05) is 41.9 Å². The van der Waals surface area contributed by atoms with Gasteiger partial charge in [0.1, 0.15) is 18.1 Å². The van der Waals surface area contributed by atoms with Gasteiger partial charge in [0, 0.05) is 17.2 Å². The fourth-order valence-electron chi connectivity index (χ4n) is 2.34. The Morgan fingerprint density at radius 1 is 1.00 bits per heavy atom. The fourth-order valence-corrected chi connectivity index (χ4v) is 2.46. The molecule has 0 saturated heterocycles. The first-order chi connectivity index (χ1) is 13.5. The van der Waals surface area contributed by atoms with Crippen molar-refractivity contribution in [3.05, 3.63) is 93.5 Å². The molecule has 8 heteroatoms. The van der Waals surface area contributed by atoms with E-state index in [0.717, 1.165) is 5.56 Å². The summed E-state index contributed by atoms with van der Waals surface area (Å²) in [6.45, 7) is 0.0791. The number of nitrogens with one attached hydrogen (secondary N) is 1. The number of non-ortho nitro benzene ring substituents is 1. The number of anilines is 1. The highest BCUT2D eigenvalue weighted by Gasteiger charge is 2.14. The summed E-state index contributed by atoms with van der Waals surface area (Å²) in [7, 11) is 0. The van der Waals surface area contributed by atoms with Gasteiger partial charge < -0.3 is 9.47 Å². The monoisotopic (exact) mass is 398 g/mol. The zero-order valence-electron chi connectivity index (χ0n) is 14.5. The third-order valence-corrected chi connectivity index (χ3v) is 3.86. The molecule has 0 aliphatic rings. The van der Waals surface area contributed by atoms with Gasteiger partial charge in [-0.25, -0.2) is 4.79 Å². The molecule has 0 unspecified atom stereocenters. The highest BCUT2D eigenvalue weighted by atomic mass is 35.5. The van der Waals surface area contributed by atoms with E-state index in [1.165, 1.54) is 18.2 Å². The summed E-state index contributed by atoms with van der Waals surface area (Å²) in [5.41, 5.74) is 0.768. The number of nitrogens with zero attached hydrogens (tertiary/aromatic N) is 1. The third-order valence-electron chi connectivity index (χ3n) is 3.61. The van der Waals surface area contributed by atoms with Gasteiger partial charge in [-0.2, -0.15) is 0 Å². The number of hydrogen-bond donors (Lipinski definition) is 1. The molecule has 0 radical (unpaired) electrons. The third kappa shape index (κ3) is 5.46. The van der Waals surface area contributed by atoms with Crippen LogP contribution in [-0.2, 0) is 11.3 Å². The van der Waals surface area contributed by atoms with Gasteiger partial charge in [-0.3, -0.25) is 15.4 Å². The van der Waals surface area contributed by atoms with E-state index < -0.39 is 11.0 Å². The van der Waals surface area contributed by atoms with Gasteiger partial charge in [-0.15, -0.1) is 0 Å². The Bertz CT molecular complexity index is 978. The lowest BCUT2D eigenvalue weighted by Crippen LogP contribution is -2.13. The van der Waals surface area contributed by atoms with E-state index in [4.69, 9.17) is 21.1 Å². The average Bonchev–Trinajstić information content (AvgIpc) is 2.69. The summed E-state index contributed by atoms with van der Waals surface area (Å²) in [6.07, 6.45) is -0.734. The minimum atomic E-state index is -0.734. The van der Waals surface area contributed by atoms with E-state index in [2.05, 4.69) is 5.32 Å². The molecule has 1 amide bonds. The summed E-state index contributed by atoms with van der Waals surface area (Å²) in [5, 5.41) is 14.2. The van der Waals surface area contributed by atoms with E-state index in [1.807, 2.05) is 30.3 Å². The lowest BCUT2D eigenvalue weighted by molar-refractivity contribution is -0.384. The molecule has 0 aliphatic carbocycles. The number of halogens is 1. The Morgan fingerprint density at radius 2 is 1.71 bits per heavy atom. The Kier molecular flexibility index (Phi) is 6.08. The second kappa shape index (κ2) is 8.88. The summed E-state index contributed by atoms with van der Waals surface area (Å²) < 4.78 is 10.7. The molecule has 0 heterocycles. The number of hydrogen-bond acceptors (Lipinski definition) is 5. The van der Waals surface area contributed by atoms with Crippen LogP contribution in [0.3, 0.4) is 0 Å². The molecule has 28 heavy (non-hydrogen) atoms. The molecule has 0 atom stereocenters. The number of carbonyl (C=O) groups excluding carboxylic acids is 1. The topological polar surface area (TPSA) is 90.7 Å². The standard InChI is InChI=1S/C20H15ClN2O5/c21-15-6-8-18(9-7-15)28-19-11-16(10-17(12-19)23(25)26)22-20(24)27-13-14-4-2-1-3-5-14/h1-12H,13H2,(H,22,24). The average molecular weight is 399 g/mol. The van der Waals surface area contributed by atoms with Crippen LogP contribution in [0.5, 0.6) is 11.5 Å². The molecule has 0 saturated carbocycles. The Hall–Kier alpha value is -3.58. The predicted molar refractivity (Wildman–Crippen MR) is 105 cm³/mol. The molecule has 0 fully saturated rings. The van der Waals surface area contributed by atoms with Crippen molar-refractivity contribution in [3.63, 3.8) is 0 Å². The summed E-state index contributed by atoms with van der Waals surface area (Å²) in [6, 6.07) is 19.6. The molecular formula is C20H15ClN2O5. The van der Waals surface area contributed by atoms with E-state index >= 15 is 0 Å². The number of ether oxygens (including phenoxy) is 2. The van der Waals surface area contributed by atoms with Crippen LogP contribution in [0.1, 0.15) is 5.56 Å². The first kappa shape index (κ1) is 19.2. The van der Waals surface area contributed by atoms with Crippen molar-refractivity contribution in [2.75, 3.05) is 5.32 Å². The summed E-state index contributed by atoms with van der Waals surface area (Å²) in [4.78, 5) is 22.6. The molecule has 0 spiro atoms. The second-order valence-corrected chi connectivity index (χ2v) is 6.15. The van der Waals surface area contributed by atoms with E-state index in [9.17, 15) is 14.9 Å². The molecule has 3 rings (SSSR count). The van der Waals surface area contributed by atoms with Crippen molar-refractivity contribution < 1.29 is 19.2 Å². The number of nitro benzene ring substituents is 1. The number of rotatable bonds is 6. The highest BCUT2D eigenvalue weighted by molar-refractivity contribution is 6.30. The van der Waals surface area contributed by atoms with Gasteiger partial charge in [0.25, 0.3) is 5.69 Å². The molecule has 1 N–H and O–H groups in total. The minimum absolute atomic E-state index is 0.0791. The summed E-state index contributed by atoms with van der Waals surface area (Å²) >= 11 is 5.83. The molecule has 3 aromatic carbocycles. The maximum Gasteiger partial charge on any atom is 0.411 e. The van der Waals surface area contributed by atoms with E-state index in [0.29, 0.717) is 10.8 Å².